The summed E-state index contributed by atoms with van der Waals surface area (Å²) in [7, 11) is 1.96. The topological polar surface area (TPSA) is 32.3 Å². The average Bonchev–Trinajstić information content (AvgIpc) is 2.45. The number of carbonyl (C=O) groups excluding carboxylic acids is 1. The summed E-state index contributed by atoms with van der Waals surface area (Å²) in [5, 5.41) is 3.18. The van der Waals surface area contributed by atoms with E-state index in [1.54, 1.807) is 0 Å². The van der Waals surface area contributed by atoms with Crippen molar-refractivity contribution in [3.63, 3.8) is 0 Å². The predicted molar refractivity (Wildman–Crippen MR) is 89.1 cm³/mol. The zero-order valence-corrected chi connectivity index (χ0v) is 14.8. The predicted octanol–water partition coefficient (Wildman–Crippen LogP) is 3.82. The third kappa shape index (κ3) is 3.83. The van der Waals surface area contributed by atoms with Crippen LogP contribution in [0.4, 0.5) is 0 Å². The molecular weight excluding hydrogens is 384 g/mol. The molecule has 1 atom stereocenters. The lowest BCUT2D eigenvalue weighted by Crippen LogP contribution is -2.44. The van der Waals surface area contributed by atoms with E-state index in [1.165, 1.54) is 6.42 Å². The fourth-order valence-corrected chi connectivity index (χ4v) is 3.91. The molecule has 1 N–H and O–H groups in total. The van der Waals surface area contributed by atoms with Crippen molar-refractivity contribution in [3.05, 3.63) is 32.7 Å². The molecule has 20 heavy (non-hydrogen) atoms. The first-order valence-electron chi connectivity index (χ1n) is 7.04. The minimum absolute atomic E-state index is 0.144. The summed E-state index contributed by atoms with van der Waals surface area (Å²) in [5.41, 5.74) is 0.754. The Morgan fingerprint density at radius 1 is 1.40 bits per heavy atom. The highest BCUT2D eigenvalue weighted by Gasteiger charge is 2.27. The van der Waals surface area contributed by atoms with E-state index in [0.717, 1.165) is 46.9 Å². The highest BCUT2D eigenvalue weighted by atomic mass is 79.9. The molecule has 5 heteroatoms. The van der Waals surface area contributed by atoms with Gasteiger partial charge in [0.1, 0.15) is 0 Å². The van der Waals surface area contributed by atoms with Gasteiger partial charge < -0.3 is 10.2 Å². The summed E-state index contributed by atoms with van der Waals surface area (Å²) in [6.07, 6.45) is 4.47. The molecule has 110 valence electrons. The Morgan fingerprint density at radius 2 is 2.20 bits per heavy atom. The van der Waals surface area contributed by atoms with Crippen LogP contribution in [-0.2, 0) is 0 Å². The second-order valence-corrected chi connectivity index (χ2v) is 6.93. The van der Waals surface area contributed by atoms with Gasteiger partial charge >= 0.3 is 0 Å². The number of rotatable bonds is 4. The van der Waals surface area contributed by atoms with E-state index < -0.39 is 0 Å². The molecular formula is C15H20Br2N2O. The van der Waals surface area contributed by atoms with Crippen LogP contribution >= 0.6 is 31.9 Å². The van der Waals surface area contributed by atoms with Crippen LogP contribution in [-0.4, -0.2) is 37.0 Å². The first-order valence-corrected chi connectivity index (χ1v) is 8.62. The second-order valence-electron chi connectivity index (χ2n) is 5.16. The van der Waals surface area contributed by atoms with Gasteiger partial charge in [-0.2, -0.15) is 0 Å². The van der Waals surface area contributed by atoms with Gasteiger partial charge in [0.25, 0.3) is 5.91 Å². The lowest BCUT2D eigenvalue weighted by Gasteiger charge is -2.36. The monoisotopic (exact) mass is 402 g/mol. The number of carbonyl (C=O) groups is 1. The lowest BCUT2D eigenvalue weighted by atomic mass is 9.98. The van der Waals surface area contributed by atoms with Crippen LogP contribution in [0.25, 0.3) is 0 Å². The molecule has 2 rings (SSSR count). The zero-order chi connectivity index (χ0) is 14.5. The van der Waals surface area contributed by atoms with E-state index in [4.69, 9.17) is 0 Å². The molecule has 0 aromatic heterocycles. The van der Waals surface area contributed by atoms with Crippen molar-refractivity contribution in [3.8, 4) is 0 Å². The summed E-state index contributed by atoms with van der Waals surface area (Å²) >= 11 is 6.92. The van der Waals surface area contributed by atoms with E-state index in [-0.39, 0.29) is 5.91 Å². The minimum atomic E-state index is 0.144. The van der Waals surface area contributed by atoms with Crippen molar-refractivity contribution < 1.29 is 4.79 Å². The van der Waals surface area contributed by atoms with Crippen LogP contribution in [0.5, 0.6) is 0 Å². The molecule has 1 heterocycles. The Morgan fingerprint density at radius 3 is 2.90 bits per heavy atom. The van der Waals surface area contributed by atoms with Gasteiger partial charge in [0, 0.05) is 21.5 Å². The number of nitrogens with one attached hydrogen (secondary N) is 1. The fraction of sp³-hybridized carbons (Fsp3) is 0.533. The Labute approximate surface area is 137 Å². The number of benzene rings is 1. The molecule has 1 unspecified atom stereocenters. The largest absolute Gasteiger partial charge is 0.336 e. The van der Waals surface area contributed by atoms with Gasteiger partial charge in [-0.3, -0.25) is 4.79 Å². The maximum atomic E-state index is 12.8. The van der Waals surface area contributed by atoms with Crippen molar-refractivity contribution in [2.24, 2.45) is 0 Å². The van der Waals surface area contributed by atoms with E-state index in [1.807, 2.05) is 25.2 Å². The Kier molecular flexibility index (Phi) is 6.05. The molecule has 0 spiro atoms. The summed E-state index contributed by atoms with van der Waals surface area (Å²) < 4.78 is 1.83. The number of amides is 1. The Balaban J connectivity index is 2.16. The van der Waals surface area contributed by atoms with Gasteiger partial charge in [-0.25, -0.2) is 0 Å². The first-order chi connectivity index (χ1) is 9.63. The minimum Gasteiger partial charge on any atom is -0.336 e. The highest BCUT2D eigenvalue weighted by Crippen LogP contribution is 2.27. The lowest BCUT2D eigenvalue weighted by molar-refractivity contribution is 0.0601. The van der Waals surface area contributed by atoms with Crippen LogP contribution in [0, 0.1) is 0 Å². The van der Waals surface area contributed by atoms with E-state index in [9.17, 15) is 4.79 Å². The second kappa shape index (κ2) is 7.57. The molecule has 0 saturated carbocycles. The molecule has 1 amide bonds. The summed E-state index contributed by atoms with van der Waals surface area (Å²) in [6.45, 7) is 1.83. The van der Waals surface area contributed by atoms with Crippen LogP contribution in [0.3, 0.4) is 0 Å². The molecule has 1 fully saturated rings. The molecule has 0 radical (unpaired) electrons. The van der Waals surface area contributed by atoms with Gasteiger partial charge in [0.05, 0.1) is 5.56 Å². The number of hydrogen-bond acceptors (Lipinski definition) is 2. The Hall–Kier alpha value is -0.390. The van der Waals surface area contributed by atoms with E-state index >= 15 is 0 Å². The smallest absolute Gasteiger partial charge is 0.255 e. The van der Waals surface area contributed by atoms with E-state index in [2.05, 4.69) is 42.1 Å². The molecule has 3 nitrogen and oxygen atoms in total. The fourth-order valence-electron chi connectivity index (χ4n) is 2.70. The molecule has 1 aromatic carbocycles. The van der Waals surface area contributed by atoms with Gasteiger partial charge in [0.2, 0.25) is 0 Å². The van der Waals surface area contributed by atoms with Gasteiger partial charge in [0.15, 0.2) is 0 Å². The maximum Gasteiger partial charge on any atom is 0.255 e. The van der Waals surface area contributed by atoms with Crippen molar-refractivity contribution in [2.45, 2.75) is 31.7 Å². The standard InChI is InChI=1S/C15H20Br2N2O/c1-18-8-7-12-4-2-3-9-19(12)15(20)13-6-5-11(16)10-14(13)17/h5-6,10,12,18H,2-4,7-9H2,1H3. The number of nitrogens with zero attached hydrogens (tertiary/aromatic N) is 1. The van der Waals surface area contributed by atoms with Gasteiger partial charge in [-0.1, -0.05) is 15.9 Å². The SMILES string of the molecule is CNCCC1CCCCN1C(=O)c1ccc(Br)cc1Br. The van der Waals surface area contributed by atoms with Crippen molar-refractivity contribution in [1.82, 2.24) is 10.2 Å². The molecule has 1 aliphatic heterocycles. The van der Waals surface area contributed by atoms with Gasteiger partial charge in [-0.05, 0) is 73.4 Å². The Bertz CT molecular complexity index is 479. The van der Waals surface area contributed by atoms with Crippen molar-refractivity contribution in [1.29, 1.82) is 0 Å². The normalized spacial score (nSPS) is 19.1. The third-order valence-corrected chi connectivity index (χ3v) is 4.93. The number of likely N-dealkylation sites (tertiary alicyclic amines) is 1. The maximum absolute atomic E-state index is 12.8. The number of hydrogen-bond donors (Lipinski definition) is 1. The highest BCUT2D eigenvalue weighted by molar-refractivity contribution is 9.11. The van der Waals surface area contributed by atoms with Crippen LogP contribution in [0.1, 0.15) is 36.0 Å². The number of halogens is 2. The molecule has 0 bridgehead atoms. The summed E-state index contributed by atoms with van der Waals surface area (Å²) in [6, 6.07) is 6.10. The summed E-state index contributed by atoms with van der Waals surface area (Å²) in [5.74, 6) is 0.144. The third-order valence-electron chi connectivity index (χ3n) is 3.78. The molecule has 1 saturated heterocycles. The average molecular weight is 404 g/mol. The van der Waals surface area contributed by atoms with Crippen molar-refractivity contribution in [2.75, 3.05) is 20.1 Å². The summed E-state index contributed by atoms with van der Waals surface area (Å²) in [4.78, 5) is 14.8. The molecule has 0 aliphatic carbocycles. The quantitative estimate of drug-likeness (QED) is 0.828. The molecule has 1 aliphatic rings. The number of piperidine rings is 1. The zero-order valence-electron chi connectivity index (χ0n) is 11.7. The molecule has 1 aromatic rings. The van der Waals surface area contributed by atoms with Gasteiger partial charge in [-0.15, -0.1) is 0 Å². The van der Waals surface area contributed by atoms with Crippen LogP contribution in [0.15, 0.2) is 27.1 Å². The van der Waals surface area contributed by atoms with E-state index in [0.29, 0.717) is 6.04 Å². The van der Waals surface area contributed by atoms with Crippen LogP contribution < -0.4 is 5.32 Å². The first kappa shape index (κ1) is 16.0. The van der Waals surface area contributed by atoms with Crippen LogP contribution in [0.2, 0.25) is 0 Å². The van der Waals surface area contributed by atoms with Crippen molar-refractivity contribution >= 4 is 37.8 Å².